The van der Waals surface area contributed by atoms with Crippen LogP contribution in [0.1, 0.15) is 29.8 Å². The van der Waals surface area contributed by atoms with Crippen molar-refractivity contribution in [3.8, 4) is 0 Å². The lowest BCUT2D eigenvalue weighted by molar-refractivity contribution is 0.366. The Morgan fingerprint density at radius 1 is 1.33 bits per heavy atom. The SMILES string of the molecule is CCN(C)S(=O)(=O)c1c(C)nn(Cc2cc(C)no2)c1C. The van der Waals surface area contributed by atoms with Crippen molar-refractivity contribution < 1.29 is 12.9 Å². The second-order valence-electron chi connectivity index (χ2n) is 5.01. The maximum atomic E-state index is 12.5. The molecule has 0 atom stereocenters. The Balaban J connectivity index is 2.43. The van der Waals surface area contributed by atoms with Gasteiger partial charge in [0, 0.05) is 19.7 Å². The van der Waals surface area contributed by atoms with Gasteiger partial charge in [-0.3, -0.25) is 4.68 Å². The molecule has 0 aliphatic rings. The summed E-state index contributed by atoms with van der Waals surface area (Å²) >= 11 is 0. The Labute approximate surface area is 124 Å². The molecule has 2 aromatic heterocycles. The standard InChI is InChI=1S/C13H20N4O3S/c1-6-16(5)21(18,19)13-10(3)14-17(11(13)4)8-12-7-9(2)15-20-12/h7H,6,8H2,1-5H3. The normalized spacial score (nSPS) is 12.3. The van der Waals surface area contributed by atoms with Crippen molar-refractivity contribution >= 4 is 10.0 Å². The number of aryl methyl sites for hydroxylation is 2. The van der Waals surface area contributed by atoms with E-state index >= 15 is 0 Å². The zero-order chi connectivity index (χ0) is 15.8. The van der Waals surface area contributed by atoms with Crippen molar-refractivity contribution in [2.45, 2.75) is 39.1 Å². The van der Waals surface area contributed by atoms with E-state index in [4.69, 9.17) is 4.52 Å². The Morgan fingerprint density at radius 3 is 2.52 bits per heavy atom. The molecule has 0 fully saturated rings. The van der Waals surface area contributed by atoms with E-state index in [0.717, 1.165) is 5.69 Å². The van der Waals surface area contributed by atoms with Crippen LogP contribution in [0.25, 0.3) is 0 Å². The first-order valence-corrected chi connectivity index (χ1v) is 8.14. The van der Waals surface area contributed by atoms with Crippen LogP contribution < -0.4 is 0 Å². The molecule has 116 valence electrons. The lowest BCUT2D eigenvalue weighted by atomic mass is 10.3. The maximum absolute atomic E-state index is 12.5. The molecule has 0 radical (unpaired) electrons. The largest absolute Gasteiger partial charge is 0.359 e. The van der Waals surface area contributed by atoms with Crippen molar-refractivity contribution in [2.75, 3.05) is 13.6 Å². The van der Waals surface area contributed by atoms with Gasteiger partial charge in [-0.2, -0.15) is 5.10 Å². The molecule has 0 aliphatic heterocycles. The second-order valence-corrected chi connectivity index (χ2v) is 6.99. The Morgan fingerprint density at radius 2 is 2.00 bits per heavy atom. The maximum Gasteiger partial charge on any atom is 0.246 e. The van der Waals surface area contributed by atoms with Gasteiger partial charge in [0.15, 0.2) is 5.76 Å². The molecule has 0 spiro atoms. The van der Waals surface area contributed by atoms with Gasteiger partial charge in [0.25, 0.3) is 0 Å². The molecule has 0 aromatic carbocycles. The van der Waals surface area contributed by atoms with Crippen LogP contribution in [0.3, 0.4) is 0 Å². The molecule has 0 saturated heterocycles. The van der Waals surface area contributed by atoms with E-state index in [9.17, 15) is 8.42 Å². The number of nitrogens with zero attached hydrogens (tertiary/aromatic N) is 4. The Bertz CT molecular complexity index is 746. The summed E-state index contributed by atoms with van der Waals surface area (Å²) in [5, 5.41) is 8.14. The number of hydrogen-bond acceptors (Lipinski definition) is 5. The first kappa shape index (κ1) is 15.7. The molecular weight excluding hydrogens is 292 g/mol. The van der Waals surface area contributed by atoms with E-state index in [1.54, 1.807) is 32.5 Å². The minimum atomic E-state index is -3.51. The van der Waals surface area contributed by atoms with E-state index in [1.807, 2.05) is 13.0 Å². The van der Waals surface area contributed by atoms with Gasteiger partial charge in [-0.25, -0.2) is 12.7 Å². The van der Waals surface area contributed by atoms with E-state index in [0.29, 0.717) is 30.2 Å². The molecule has 0 bridgehead atoms. The highest BCUT2D eigenvalue weighted by Crippen LogP contribution is 2.23. The molecule has 0 unspecified atom stereocenters. The van der Waals surface area contributed by atoms with Crippen molar-refractivity contribution in [3.63, 3.8) is 0 Å². The van der Waals surface area contributed by atoms with Crippen LogP contribution >= 0.6 is 0 Å². The number of sulfonamides is 1. The highest BCUT2D eigenvalue weighted by molar-refractivity contribution is 7.89. The number of aromatic nitrogens is 3. The van der Waals surface area contributed by atoms with Gasteiger partial charge >= 0.3 is 0 Å². The van der Waals surface area contributed by atoms with Gasteiger partial charge in [-0.15, -0.1) is 0 Å². The number of hydrogen-bond donors (Lipinski definition) is 0. The minimum absolute atomic E-state index is 0.267. The molecule has 2 heterocycles. The summed E-state index contributed by atoms with van der Waals surface area (Å²) in [7, 11) is -1.95. The van der Waals surface area contributed by atoms with Gasteiger partial charge in [-0.05, 0) is 20.8 Å². The first-order chi connectivity index (χ1) is 9.77. The molecular formula is C13H20N4O3S. The molecule has 0 aliphatic carbocycles. The molecule has 7 nitrogen and oxygen atoms in total. The number of rotatable bonds is 5. The molecule has 2 rings (SSSR count). The van der Waals surface area contributed by atoms with Crippen molar-refractivity contribution in [1.29, 1.82) is 0 Å². The summed E-state index contributed by atoms with van der Waals surface area (Å²) in [6.07, 6.45) is 0. The van der Waals surface area contributed by atoms with Crippen LogP contribution in [-0.4, -0.2) is 41.3 Å². The fourth-order valence-corrected chi connectivity index (χ4v) is 3.72. The second kappa shape index (κ2) is 5.61. The fraction of sp³-hybridized carbons (Fsp3) is 0.538. The first-order valence-electron chi connectivity index (χ1n) is 6.70. The average Bonchev–Trinajstić information content (AvgIpc) is 2.93. The summed E-state index contributed by atoms with van der Waals surface area (Å²) < 4.78 is 33.1. The highest BCUT2D eigenvalue weighted by Gasteiger charge is 2.28. The molecule has 0 saturated carbocycles. The Kier molecular flexibility index (Phi) is 4.20. The highest BCUT2D eigenvalue weighted by atomic mass is 32.2. The monoisotopic (exact) mass is 312 g/mol. The predicted molar refractivity (Wildman–Crippen MR) is 77.5 cm³/mol. The summed E-state index contributed by atoms with van der Waals surface area (Å²) in [6.45, 7) is 7.85. The Hall–Kier alpha value is -1.67. The summed E-state index contributed by atoms with van der Waals surface area (Å²) in [5.41, 5.74) is 1.87. The van der Waals surface area contributed by atoms with E-state index < -0.39 is 10.0 Å². The third-order valence-electron chi connectivity index (χ3n) is 3.41. The third kappa shape index (κ3) is 2.86. The molecule has 8 heteroatoms. The van der Waals surface area contributed by atoms with Gasteiger partial charge in [0.05, 0.1) is 17.1 Å². The minimum Gasteiger partial charge on any atom is -0.359 e. The van der Waals surface area contributed by atoms with Crippen LogP contribution in [0.5, 0.6) is 0 Å². The van der Waals surface area contributed by atoms with Gasteiger partial charge in [0.2, 0.25) is 10.0 Å². The van der Waals surface area contributed by atoms with Crippen molar-refractivity contribution in [2.24, 2.45) is 0 Å². The van der Waals surface area contributed by atoms with Crippen LogP contribution in [0.15, 0.2) is 15.5 Å². The average molecular weight is 312 g/mol. The van der Waals surface area contributed by atoms with Gasteiger partial charge in [-0.1, -0.05) is 12.1 Å². The molecule has 2 aromatic rings. The summed E-state index contributed by atoms with van der Waals surface area (Å²) in [6, 6.07) is 1.81. The quantitative estimate of drug-likeness (QED) is 0.835. The topological polar surface area (TPSA) is 81.2 Å². The van der Waals surface area contributed by atoms with Crippen molar-refractivity contribution in [3.05, 3.63) is 28.9 Å². The van der Waals surface area contributed by atoms with Crippen LogP contribution in [-0.2, 0) is 16.6 Å². The lowest BCUT2D eigenvalue weighted by Crippen LogP contribution is -2.27. The molecule has 0 amide bonds. The van der Waals surface area contributed by atoms with E-state index in [2.05, 4.69) is 10.3 Å². The molecule has 0 N–H and O–H groups in total. The van der Waals surface area contributed by atoms with Gasteiger partial charge in [0.1, 0.15) is 11.4 Å². The lowest BCUT2D eigenvalue weighted by Gasteiger charge is -2.15. The van der Waals surface area contributed by atoms with E-state index in [-0.39, 0.29) is 4.90 Å². The zero-order valence-electron chi connectivity index (χ0n) is 12.9. The zero-order valence-corrected chi connectivity index (χ0v) is 13.7. The summed E-state index contributed by atoms with van der Waals surface area (Å²) in [4.78, 5) is 0.267. The van der Waals surface area contributed by atoms with Crippen LogP contribution in [0, 0.1) is 20.8 Å². The van der Waals surface area contributed by atoms with Gasteiger partial charge < -0.3 is 4.52 Å². The third-order valence-corrected chi connectivity index (χ3v) is 5.60. The predicted octanol–water partition coefficient (Wildman–Crippen LogP) is 1.49. The van der Waals surface area contributed by atoms with Crippen molar-refractivity contribution in [1.82, 2.24) is 19.2 Å². The summed E-state index contributed by atoms with van der Waals surface area (Å²) in [5.74, 6) is 0.644. The smallest absolute Gasteiger partial charge is 0.246 e. The molecule has 21 heavy (non-hydrogen) atoms. The fourth-order valence-electron chi connectivity index (χ4n) is 2.17. The van der Waals surface area contributed by atoms with Crippen LogP contribution in [0.2, 0.25) is 0 Å². The van der Waals surface area contributed by atoms with Crippen LogP contribution in [0.4, 0.5) is 0 Å². The van der Waals surface area contributed by atoms with E-state index in [1.165, 1.54) is 4.31 Å².